The van der Waals surface area contributed by atoms with E-state index in [9.17, 15) is 0 Å². The first-order valence-corrected chi connectivity index (χ1v) is 7.75. The maximum absolute atomic E-state index is 6.17. The van der Waals surface area contributed by atoms with Crippen molar-refractivity contribution in [3.63, 3.8) is 0 Å². The van der Waals surface area contributed by atoms with Crippen molar-refractivity contribution in [2.24, 2.45) is 0 Å². The minimum absolute atomic E-state index is 0.519. The van der Waals surface area contributed by atoms with E-state index in [1.807, 2.05) is 24.3 Å². The van der Waals surface area contributed by atoms with Crippen molar-refractivity contribution in [3.8, 4) is 35.1 Å². The number of thioether (sulfide) groups is 1. The summed E-state index contributed by atoms with van der Waals surface area (Å²) in [5.41, 5.74) is 2.13. The van der Waals surface area contributed by atoms with Crippen molar-refractivity contribution >= 4 is 23.4 Å². The third kappa shape index (κ3) is 3.14. The van der Waals surface area contributed by atoms with Gasteiger partial charge in [0.05, 0.1) is 10.8 Å². The van der Waals surface area contributed by atoms with Crippen LogP contribution in [0.3, 0.4) is 0 Å². The average Bonchev–Trinajstić information content (AvgIpc) is 3.03. The van der Waals surface area contributed by atoms with Crippen molar-refractivity contribution < 1.29 is 4.52 Å². The third-order valence-corrected chi connectivity index (χ3v) is 3.93. The zero-order valence-electron chi connectivity index (χ0n) is 11.4. The summed E-state index contributed by atoms with van der Waals surface area (Å²) in [6.07, 6.45) is 6.91. The molecule has 0 saturated carbocycles. The van der Waals surface area contributed by atoms with E-state index in [-0.39, 0.29) is 0 Å². The van der Waals surface area contributed by atoms with E-state index in [4.69, 9.17) is 22.5 Å². The highest BCUT2D eigenvalue weighted by Crippen LogP contribution is 2.30. The molecule has 6 heteroatoms. The van der Waals surface area contributed by atoms with Crippen LogP contribution in [0.15, 0.2) is 52.3 Å². The summed E-state index contributed by atoms with van der Waals surface area (Å²) in [5, 5.41) is 5.28. The predicted molar refractivity (Wildman–Crippen MR) is 87.5 cm³/mol. The minimum atomic E-state index is 0.519. The van der Waals surface area contributed by atoms with Crippen LogP contribution in [-0.2, 0) is 0 Å². The van der Waals surface area contributed by atoms with E-state index >= 15 is 0 Å². The molecule has 0 aliphatic rings. The number of hydrogen-bond acceptors (Lipinski definition) is 5. The van der Waals surface area contributed by atoms with Crippen LogP contribution in [0, 0.1) is 12.3 Å². The fourth-order valence-electron chi connectivity index (χ4n) is 1.85. The molecule has 0 atom stereocenters. The van der Waals surface area contributed by atoms with Gasteiger partial charge in [0.25, 0.3) is 0 Å². The van der Waals surface area contributed by atoms with Crippen LogP contribution in [-0.4, -0.2) is 20.9 Å². The number of rotatable bonds is 4. The first-order valence-electron chi connectivity index (χ1n) is 6.39. The fourth-order valence-corrected chi connectivity index (χ4v) is 2.59. The van der Waals surface area contributed by atoms with Crippen LogP contribution in [0.2, 0.25) is 5.02 Å². The van der Waals surface area contributed by atoms with Gasteiger partial charge >= 0.3 is 0 Å². The fraction of sp³-hybridized carbons (Fsp3) is 0.0625. The Morgan fingerprint density at radius 3 is 2.91 bits per heavy atom. The summed E-state index contributed by atoms with van der Waals surface area (Å²) in [5.74, 6) is 3.61. The molecular formula is C16H10ClN3OS. The second-order valence-electron chi connectivity index (χ2n) is 4.27. The summed E-state index contributed by atoms with van der Waals surface area (Å²) in [6.45, 7) is 0. The lowest BCUT2D eigenvalue weighted by Gasteiger charge is -1.98. The molecule has 22 heavy (non-hydrogen) atoms. The lowest BCUT2D eigenvalue weighted by Crippen LogP contribution is -1.89. The Hall–Kier alpha value is -2.29. The molecule has 0 saturated heterocycles. The molecule has 0 aliphatic carbocycles. The Morgan fingerprint density at radius 1 is 1.23 bits per heavy atom. The van der Waals surface area contributed by atoms with Crippen LogP contribution in [0.4, 0.5) is 0 Å². The summed E-state index contributed by atoms with van der Waals surface area (Å²) in [4.78, 5) is 8.55. The molecule has 0 bridgehead atoms. The second kappa shape index (κ2) is 6.65. The van der Waals surface area contributed by atoms with Gasteiger partial charge in [-0.15, -0.1) is 6.42 Å². The van der Waals surface area contributed by atoms with Gasteiger partial charge in [0.2, 0.25) is 0 Å². The van der Waals surface area contributed by atoms with Crippen molar-refractivity contribution in [1.29, 1.82) is 0 Å². The van der Waals surface area contributed by atoms with Gasteiger partial charge in [0.15, 0.2) is 10.9 Å². The molecule has 0 spiro atoms. The van der Waals surface area contributed by atoms with Crippen LogP contribution in [0.25, 0.3) is 22.7 Å². The van der Waals surface area contributed by atoms with Crippen molar-refractivity contribution in [3.05, 3.63) is 47.6 Å². The maximum Gasteiger partial charge on any atom is 0.189 e. The zero-order valence-corrected chi connectivity index (χ0v) is 12.9. The molecular weight excluding hydrogens is 318 g/mol. The van der Waals surface area contributed by atoms with Gasteiger partial charge in [-0.3, -0.25) is 0 Å². The summed E-state index contributed by atoms with van der Waals surface area (Å²) >= 11 is 7.56. The second-order valence-corrected chi connectivity index (χ2v) is 5.62. The van der Waals surface area contributed by atoms with Crippen LogP contribution in [0.5, 0.6) is 0 Å². The van der Waals surface area contributed by atoms with Crippen LogP contribution in [0.1, 0.15) is 0 Å². The normalized spacial score (nSPS) is 10.4. The number of halogens is 1. The number of terminal acetylenes is 1. The molecule has 0 aliphatic heterocycles. The molecule has 0 unspecified atom stereocenters. The van der Waals surface area contributed by atoms with Crippen molar-refractivity contribution in [1.82, 2.24) is 15.1 Å². The van der Waals surface area contributed by atoms with Crippen LogP contribution < -0.4 is 0 Å². The molecule has 2 aromatic heterocycles. The molecule has 0 radical (unpaired) electrons. The van der Waals surface area contributed by atoms with E-state index in [1.165, 1.54) is 11.8 Å². The molecule has 0 N–H and O–H groups in total. The first kappa shape index (κ1) is 14.6. The van der Waals surface area contributed by atoms with Gasteiger partial charge in [-0.25, -0.2) is 9.97 Å². The molecule has 3 rings (SSSR count). The van der Waals surface area contributed by atoms with Gasteiger partial charge in [-0.1, -0.05) is 52.6 Å². The zero-order chi connectivity index (χ0) is 15.4. The van der Waals surface area contributed by atoms with Gasteiger partial charge in [0, 0.05) is 17.8 Å². The van der Waals surface area contributed by atoms with Gasteiger partial charge in [-0.05, 0) is 12.1 Å². The lowest BCUT2D eigenvalue weighted by atomic mass is 10.1. The minimum Gasteiger partial charge on any atom is -0.354 e. The standard InChI is InChI=1S/C16H10ClN3OS/c1-2-9-22-16-18-8-7-13(19-16)15-10-14(20-21-15)11-5-3-4-6-12(11)17/h1,3-8,10H,9H2. The topological polar surface area (TPSA) is 51.8 Å². The lowest BCUT2D eigenvalue weighted by molar-refractivity contribution is 0.433. The summed E-state index contributed by atoms with van der Waals surface area (Å²) < 4.78 is 5.37. The van der Waals surface area contributed by atoms with E-state index in [1.54, 1.807) is 18.3 Å². The Labute approximate surface area is 136 Å². The number of benzene rings is 1. The van der Waals surface area contributed by atoms with Crippen LogP contribution >= 0.6 is 23.4 Å². The average molecular weight is 328 g/mol. The van der Waals surface area contributed by atoms with E-state index < -0.39 is 0 Å². The molecule has 108 valence electrons. The monoisotopic (exact) mass is 327 g/mol. The number of nitrogens with zero attached hydrogens (tertiary/aromatic N) is 3. The maximum atomic E-state index is 6.17. The highest BCUT2D eigenvalue weighted by Gasteiger charge is 2.12. The van der Waals surface area contributed by atoms with E-state index in [0.29, 0.717) is 33.1 Å². The molecule has 3 aromatic rings. The van der Waals surface area contributed by atoms with Gasteiger partial charge in [0.1, 0.15) is 11.4 Å². The van der Waals surface area contributed by atoms with E-state index in [0.717, 1.165) is 5.56 Å². The highest BCUT2D eigenvalue weighted by molar-refractivity contribution is 7.99. The highest BCUT2D eigenvalue weighted by atomic mass is 35.5. The Bertz CT molecular complexity index is 841. The smallest absolute Gasteiger partial charge is 0.189 e. The Kier molecular flexibility index (Phi) is 4.42. The quantitative estimate of drug-likeness (QED) is 0.409. The summed E-state index contributed by atoms with van der Waals surface area (Å²) in [6, 6.07) is 11.0. The largest absolute Gasteiger partial charge is 0.354 e. The SMILES string of the molecule is C#CCSc1nccc(-c2cc(-c3ccccc3Cl)no2)n1. The molecule has 4 nitrogen and oxygen atoms in total. The van der Waals surface area contributed by atoms with Crippen molar-refractivity contribution in [2.45, 2.75) is 5.16 Å². The number of hydrogen-bond donors (Lipinski definition) is 0. The Balaban J connectivity index is 1.91. The summed E-state index contributed by atoms with van der Waals surface area (Å²) in [7, 11) is 0. The third-order valence-electron chi connectivity index (χ3n) is 2.83. The first-order chi connectivity index (χ1) is 10.8. The van der Waals surface area contributed by atoms with Crippen molar-refractivity contribution in [2.75, 3.05) is 5.75 Å². The number of aromatic nitrogens is 3. The van der Waals surface area contributed by atoms with Gasteiger partial charge < -0.3 is 4.52 Å². The molecule has 1 aromatic carbocycles. The van der Waals surface area contributed by atoms with Gasteiger partial charge in [-0.2, -0.15) is 0 Å². The predicted octanol–water partition coefficient (Wildman–Crippen LogP) is 4.18. The van der Waals surface area contributed by atoms with E-state index in [2.05, 4.69) is 21.0 Å². The molecule has 2 heterocycles. The molecule has 0 fully saturated rings. The molecule has 0 amide bonds. The Morgan fingerprint density at radius 2 is 2.09 bits per heavy atom.